The average Bonchev–Trinajstić information content (AvgIpc) is 2.72. The van der Waals surface area contributed by atoms with E-state index >= 15 is 0 Å². The lowest BCUT2D eigenvalue weighted by Crippen LogP contribution is -2.41. The largest absolute Gasteiger partial charge is 0.481 e. The lowest BCUT2D eigenvalue weighted by Gasteiger charge is -2.32. The summed E-state index contributed by atoms with van der Waals surface area (Å²) in [4.78, 5) is 11.0. The van der Waals surface area contributed by atoms with Crippen LogP contribution in [0.15, 0.2) is 41.3 Å². The van der Waals surface area contributed by atoms with E-state index in [0.717, 1.165) is 24.8 Å². The Morgan fingerprint density at radius 3 is 2.65 bits per heavy atom. The van der Waals surface area contributed by atoms with Gasteiger partial charge in [0.05, 0.1) is 10.5 Å². The number of aliphatic carboxylic acids is 1. The minimum atomic E-state index is -3.61. The van der Waals surface area contributed by atoms with Crippen molar-refractivity contribution in [1.29, 1.82) is 0 Å². The van der Waals surface area contributed by atoms with E-state index in [2.05, 4.69) is 11.8 Å². The van der Waals surface area contributed by atoms with Gasteiger partial charge in [0.2, 0.25) is 10.0 Å². The van der Waals surface area contributed by atoms with Gasteiger partial charge in [-0.1, -0.05) is 35.9 Å². The molecule has 3 rings (SSSR count). The smallest absolute Gasteiger partial charge is 0.341 e. The normalized spacial score (nSPS) is 16.9. The quantitative estimate of drug-likeness (QED) is 0.678. The molecule has 0 bridgehead atoms. The zero-order valence-corrected chi connectivity index (χ0v) is 19.0. The number of sulfonamides is 1. The zero-order chi connectivity index (χ0) is 22.6. The summed E-state index contributed by atoms with van der Waals surface area (Å²) in [6.45, 7) is 3.80. The van der Waals surface area contributed by atoms with Crippen LogP contribution in [0.1, 0.15) is 42.9 Å². The molecule has 1 heterocycles. The van der Waals surface area contributed by atoms with Gasteiger partial charge in [0.25, 0.3) is 0 Å². The molecule has 1 aliphatic heterocycles. The Bertz CT molecular complexity index is 1150. The fraction of sp³-hybridized carbons (Fsp3) is 0.348. The SMILES string of the molecule is Cc1ccc(S(=O)(=O)N2CCCCC2C)cc1C#Cc1cc(Cl)ccc1OCC(=O)O. The number of carboxylic acid groups (broad SMARTS) is 1. The third-order valence-corrected chi connectivity index (χ3v) is 7.43. The van der Waals surface area contributed by atoms with Crippen LogP contribution in [-0.2, 0) is 14.8 Å². The van der Waals surface area contributed by atoms with Gasteiger partial charge in [-0.15, -0.1) is 0 Å². The van der Waals surface area contributed by atoms with Crippen LogP contribution in [0.2, 0.25) is 5.02 Å². The first-order chi connectivity index (χ1) is 14.7. The number of nitrogens with zero attached hydrogens (tertiary/aromatic N) is 1. The van der Waals surface area contributed by atoms with E-state index in [1.165, 1.54) is 0 Å². The molecule has 1 saturated heterocycles. The van der Waals surface area contributed by atoms with Gasteiger partial charge in [0.15, 0.2) is 6.61 Å². The first kappa shape index (κ1) is 23.1. The Hall–Kier alpha value is -2.53. The number of aryl methyl sites for hydroxylation is 1. The highest BCUT2D eigenvalue weighted by Crippen LogP contribution is 2.27. The molecular weight excluding hydrogens is 438 g/mol. The molecule has 1 N–H and O–H groups in total. The Morgan fingerprint density at radius 1 is 1.19 bits per heavy atom. The molecule has 1 aliphatic rings. The molecular formula is C23H24ClNO5S. The van der Waals surface area contributed by atoms with Crippen molar-refractivity contribution in [3.8, 4) is 17.6 Å². The van der Waals surface area contributed by atoms with Crippen molar-refractivity contribution in [2.24, 2.45) is 0 Å². The van der Waals surface area contributed by atoms with Crippen LogP contribution in [0.5, 0.6) is 5.75 Å². The lowest BCUT2D eigenvalue weighted by atomic mass is 10.1. The van der Waals surface area contributed by atoms with E-state index in [4.69, 9.17) is 21.4 Å². The fourth-order valence-electron chi connectivity index (χ4n) is 3.46. The van der Waals surface area contributed by atoms with Crippen molar-refractivity contribution in [1.82, 2.24) is 4.31 Å². The van der Waals surface area contributed by atoms with Crippen LogP contribution >= 0.6 is 11.6 Å². The van der Waals surface area contributed by atoms with E-state index in [0.29, 0.717) is 28.4 Å². The molecule has 1 atom stereocenters. The standard InChI is InChI=1S/C23H24ClNO5S/c1-16-6-10-21(31(28,29)25-12-4-3-5-17(25)2)14-18(16)7-8-19-13-20(24)9-11-22(19)30-15-23(26)27/h6,9-11,13-14,17H,3-5,12,15H2,1-2H3,(H,26,27). The molecule has 6 nitrogen and oxygen atoms in total. The van der Waals surface area contributed by atoms with E-state index in [9.17, 15) is 13.2 Å². The van der Waals surface area contributed by atoms with E-state index in [1.54, 1.807) is 40.7 Å². The molecule has 0 spiro atoms. The highest BCUT2D eigenvalue weighted by molar-refractivity contribution is 7.89. The van der Waals surface area contributed by atoms with Crippen LogP contribution in [0.4, 0.5) is 0 Å². The Labute approximate surface area is 187 Å². The third kappa shape index (κ3) is 5.59. The Kier molecular flexibility index (Phi) is 7.26. The van der Waals surface area contributed by atoms with Gasteiger partial charge in [-0.25, -0.2) is 13.2 Å². The van der Waals surface area contributed by atoms with Crippen LogP contribution in [-0.4, -0.2) is 43.0 Å². The first-order valence-corrected chi connectivity index (χ1v) is 11.8. The van der Waals surface area contributed by atoms with E-state index in [1.807, 2.05) is 13.8 Å². The summed E-state index contributed by atoms with van der Waals surface area (Å²) in [7, 11) is -3.61. The number of ether oxygens (including phenoxy) is 1. The van der Waals surface area contributed by atoms with Crippen molar-refractivity contribution in [2.45, 2.75) is 44.0 Å². The van der Waals surface area contributed by atoms with Crippen LogP contribution < -0.4 is 4.74 Å². The van der Waals surface area contributed by atoms with Gasteiger partial charge in [-0.3, -0.25) is 0 Å². The van der Waals surface area contributed by atoms with Gasteiger partial charge in [0, 0.05) is 23.2 Å². The average molecular weight is 462 g/mol. The predicted octanol–water partition coefficient (Wildman–Crippen LogP) is 4.07. The summed E-state index contributed by atoms with van der Waals surface area (Å²) < 4.78 is 33.2. The maximum absolute atomic E-state index is 13.2. The molecule has 0 radical (unpaired) electrons. The number of carbonyl (C=O) groups is 1. The van der Waals surface area contributed by atoms with Gasteiger partial charge in [-0.05, 0) is 62.6 Å². The molecule has 1 unspecified atom stereocenters. The summed E-state index contributed by atoms with van der Waals surface area (Å²) in [5, 5.41) is 9.28. The second kappa shape index (κ2) is 9.73. The number of piperidine rings is 1. The second-order valence-corrected chi connectivity index (χ2v) is 9.84. The number of hydrogen-bond acceptors (Lipinski definition) is 4. The topological polar surface area (TPSA) is 83.9 Å². The minimum absolute atomic E-state index is 0.0324. The number of hydrogen-bond donors (Lipinski definition) is 1. The van der Waals surface area contributed by atoms with Crippen LogP contribution in [0.25, 0.3) is 0 Å². The zero-order valence-electron chi connectivity index (χ0n) is 17.4. The summed E-state index contributed by atoms with van der Waals surface area (Å²) in [5.41, 5.74) is 1.81. The molecule has 0 aliphatic carbocycles. The second-order valence-electron chi connectivity index (χ2n) is 7.51. The molecule has 8 heteroatoms. The summed E-state index contributed by atoms with van der Waals surface area (Å²) in [6.07, 6.45) is 2.74. The molecule has 1 fully saturated rings. The minimum Gasteiger partial charge on any atom is -0.481 e. The van der Waals surface area contributed by atoms with Crippen molar-refractivity contribution in [3.63, 3.8) is 0 Å². The van der Waals surface area contributed by atoms with Crippen molar-refractivity contribution in [3.05, 3.63) is 58.1 Å². The summed E-state index contributed by atoms with van der Waals surface area (Å²) >= 11 is 6.05. The maximum Gasteiger partial charge on any atom is 0.341 e. The van der Waals surface area contributed by atoms with Gasteiger partial charge >= 0.3 is 5.97 Å². The summed E-state index contributed by atoms with van der Waals surface area (Å²) in [5.74, 6) is 5.13. The molecule has 2 aromatic rings. The number of carboxylic acids is 1. The number of halogens is 1. The van der Waals surface area contributed by atoms with E-state index in [-0.39, 0.29) is 10.9 Å². The highest BCUT2D eigenvalue weighted by Gasteiger charge is 2.31. The monoisotopic (exact) mass is 461 g/mol. The number of benzene rings is 2. The van der Waals surface area contributed by atoms with Crippen molar-refractivity contribution >= 4 is 27.6 Å². The van der Waals surface area contributed by atoms with Crippen molar-refractivity contribution in [2.75, 3.05) is 13.2 Å². The van der Waals surface area contributed by atoms with E-state index < -0.39 is 22.6 Å². The fourth-order valence-corrected chi connectivity index (χ4v) is 5.36. The van der Waals surface area contributed by atoms with Crippen molar-refractivity contribution < 1.29 is 23.1 Å². The van der Waals surface area contributed by atoms with Gasteiger partial charge in [-0.2, -0.15) is 4.31 Å². The molecule has 2 aromatic carbocycles. The molecule has 0 saturated carbocycles. The molecule has 0 amide bonds. The van der Waals surface area contributed by atoms with Gasteiger partial charge in [0.1, 0.15) is 5.75 Å². The Balaban J connectivity index is 1.95. The molecule has 31 heavy (non-hydrogen) atoms. The predicted molar refractivity (Wildman–Crippen MR) is 119 cm³/mol. The lowest BCUT2D eigenvalue weighted by molar-refractivity contribution is -0.139. The first-order valence-electron chi connectivity index (χ1n) is 9.97. The summed E-state index contributed by atoms with van der Waals surface area (Å²) in [6, 6.07) is 9.62. The van der Waals surface area contributed by atoms with Gasteiger partial charge < -0.3 is 9.84 Å². The van der Waals surface area contributed by atoms with Crippen LogP contribution in [0, 0.1) is 18.8 Å². The third-order valence-electron chi connectivity index (χ3n) is 5.18. The molecule has 164 valence electrons. The highest BCUT2D eigenvalue weighted by atomic mass is 35.5. The number of rotatable bonds is 5. The van der Waals surface area contributed by atoms with Crippen LogP contribution in [0.3, 0.4) is 0 Å². The Morgan fingerprint density at radius 2 is 1.94 bits per heavy atom. The molecule has 0 aromatic heterocycles. The maximum atomic E-state index is 13.2.